The Bertz CT molecular complexity index is 3020. The highest BCUT2D eigenvalue weighted by Gasteiger charge is 2.22. The fraction of sp³-hybridized carbons (Fsp3) is 0. The SMILES string of the molecule is c1ccc(-c2cc3c(s2)=c2ccc4c5ccc6c7c(ccc(c75)c5c7ccccc7c=3c2c45)=c2ccccc2=6)cc1. The molecule has 1 heteroatoms. The van der Waals surface area contributed by atoms with Crippen LogP contribution in [0.2, 0.25) is 0 Å². The second-order valence-electron chi connectivity index (χ2n) is 11.5. The zero-order chi connectivity index (χ0) is 26.4. The molecule has 186 valence electrons. The summed E-state index contributed by atoms with van der Waals surface area (Å²) in [5.41, 5.74) is 1.29. The minimum atomic E-state index is 1.29. The van der Waals surface area contributed by atoms with Crippen LogP contribution in [0.4, 0.5) is 0 Å². The van der Waals surface area contributed by atoms with Crippen molar-refractivity contribution in [3.8, 4) is 10.4 Å². The Morgan fingerprint density at radius 3 is 1.71 bits per heavy atom. The zero-order valence-electron chi connectivity index (χ0n) is 22.0. The van der Waals surface area contributed by atoms with Gasteiger partial charge in [0.2, 0.25) is 0 Å². The van der Waals surface area contributed by atoms with E-state index in [9.17, 15) is 0 Å². The number of thiophene rings is 1. The van der Waals surface area contributed by atoms with Crippen LogP contribution in [0.15, 0.2) is 121 Å². The normalized spacial score (nSPS) is 12.9. The molecule has 0 radical (unpaired) electrons. The maximum atomic E-state index is 2.44. The molecule has 0 saturated heterocycles. The monoisotopic (exact) mass is 532 g/mol. The molecule has 8 aromatic carbocycles. The van der Waals surface area contributed by atoms with Gasteiger partial charge < -0.3 is 0 Å². The van der Waals surface area contributed by atoms with Gasteiger partial charge in [0.15, 0.2) is 0 Å². The molecule has 0 aliphatic heterocycles. The molecule has 0 nitrogen and oxygen atoms in total. The summed E-state index contributed by atoms with van der Waals surface area (Å²) in [4.78, 5) is 1.34. The first-order chi connectivity index (χ1) is 20.4. The maximum absolute atomic E-state index is 2.44. The Kier molecular flexibility index (Phi) is 3.57. The van der Waals surface area contributed by atoms with Crippen LogP contribution in [-0.4, -0.2) is 0 Å². The number of hydrogen-bond acceptors (Lipinski definition) is 1. The van der Waals surface area contributed by atoms with Crippen molar-refractivity contribution in [3.05, 3.63) is 162 Å². The van der Waals surface area contributed by atoms with Crippen LogP contribution in [0.5, 0.6) is 0 Å². The van der Waals surface area contributed by atoms with E-state index in [0.29, 0.717) is 0 Å². The Balaban J connectivity index is 1.46. The van der Waals surface area contributed by atoms with E-state index in [4.69, 9.17) is 0 Å². The highest BCUT2D eigenvalue weighted by Crippen LogP contribution is 2.47. The molecule has 0 atom stereocenters. The number of benzene rings is 8. The van der Waals surface area contributed by atoms with Crippen molar-refractivity contribution in [3.63, 3.8) is 0 Å². The lowest BCUT2D eigenvalue weighted by molar-refractivity contribution is 1.49. The van der Waals surface area contributed by atoms with Gasteiger partial charge in [-0.25, -0.2) is 0 Å². The van der Waals surface area contributed by atoms with Gasteiger partial charge in [-0.3, -0.25) is 0 Å². The summed E-state index contributed by atoms with van der Waals surface area (Å²) in [5.74, 6) is 0. The molecule has 0 spiro atoms. The van der Waals surface area contributed by atoms with Crippen molar-refractivity contribution in [1.29, 1.82) is 0 Å². The third kappa shape index (κ3) is 2.33. The van der Waals surface area contributed by atoms with Crippen molar-refractivity contribution in [2.45, 2.75) is 0 Å². The van der Waals surface area contributed by atoms with Gasteiger partial charge in [-0.15, -0.1) is 11.3 Å². The van der Waals surface area contributed by atoms with Gasteiger partial charge in [0.05, 0.1) is 0 Å². The Morgan fingerprint density at radius 2 is 0.927 bits per heavy atom. The standard InChI is InChI=1S/C40H20S/c1-2-8-21(9-3-1)33-20-32-37-25-13-7-6-12-24(25)36-30-18-16-27-23-11-5-4-10-22(23)26-14-15-28(35(30)34(26)27)29-17-19-31(40(32)41-33)39(37)38(29)36/h1-20H. The van der Waals surface area contributed by atoms with Gasteiger partial charge in [-0.2, -0.15) is 0 Å². The summed E-state index contributed by atoms with van der Waals surface area (Å²) in [6, 6.07) is 45.6. The van der Waals surface area contributed by atoms with E-state index in [2.05, 4.69) is 121 Å². The lowest BCUT2D eigenvalue weighted by atomic mass is 9.85. The van der Waals surface area contributed by atoms with Crippen LogP contribution >= 0.6 is 11.3 Å². The second kappa shape index (κ2) is 7.01. The first kappa shape index (κ1) is 20.9. The lowest BCUT2D eigenvalue weighted by Gasteiger charge is -2.17. The van der Waals surface area contributed by atoms with Gasteiger partial charge in [-0.05, 0) is 86.2 Å². The van der Waals surface area contributed by atoms with Crippen LogP contribution in [0, 0.1) is 41.1 Å². The van der Waals surface area contributed by atoms with Crippen molar-refractivity contribution >= 4 is 65.2 Å². The zero-order valence-corrected chi connectivity index (χ0v) is 22.8. The number of rotatable bonds is 1. The first-order valence-corrected chi connectivity index (χ1v) is 15.1. The molecule has 0 bridgehead atoms. The van der Waals surface area contributed by atoms with Gasteiger partial charge in [-0.1, -0.05) is 115 Å². The van der Waals surface area contributed by atoms with E-state index in [1.165, 1.54) is 105 Å². The molecule has 1 aromatic heterocycles. The van der Waals surface area contributed by atoms with Gasteiger partial charge >= 0.3 is 0 Å². The average molecular weight is 533 g/mol. The van der Waals surface area contributed by atoms with Gasteiger partial charge in [0.25, 0.3) is 0 Å². The van der Waals surface area contributed by atoms with E-state index in [-0.39, 0.29) is 0 Å². The van der Waals surface area contributed by atoms with Crippen molar-refractivity contribution in [2.75, 3.05) is 0 Å². The summed E-state index contributed by atoms with van der Waals surface area (Å²) in [6.07, 6.45) is 0. The van der Waals surface area contributed by atoms with Gasteiger partial charge in [0, 0.05) is 25.2 Å². The highest BCUT2D eigenvalue weighted by molar-refractivity contribution is 7.13. The van der Waals surface area contributed by atoms with E-state index in [1.54, 1.807) is 0 Å². The molecule has 11 rings (SSSR count). The van der Waals surface area contributed by atoms with E-state index >= 15 is 0 Å². The third-order valence-corrected chi connectivity index (χ3v) is 10.9. The summed E-state index contributed by atoms with van der Waals surface area (Å²) in [5, 5.41) is 23.6. The van der Waals surface area contributed by atoms with Gasteiger partial charge in [0.1, 0.15) is 0 Å². The minimum Gasteiger partial charge on any atom is -0.135 e. The Hall–Kier alpha value is -4.98. The molecule has 2 aliphatic rings. The van der Waals surface area contributed by atoms with Crippen molar-refractivity contribution in [2.24, 2.45) is 0 Å². The Morgan fingerprint density at radius 1 is 0.341 bits per heavy atom. The molecule has 0 unspecified atom stereocenters. The predicted molar refractivity (Wildman–Crippen MR) is 172 cm³/mol. The third-order valence-electron chi connectivity index (χ3n) is 9.70. The van der Waals surface area contributed by atoms with Crippen LogP contribution in [0.25, 0.3) is 64.3 Å². The smallest absolute Gasteiger partial charge is 0.0434 e. The summed E-state index contributed by atoms with van der Waals surface area (Å²) < 4.78 is 1.41. The molecule has 41 heavy (non-hydrogen) atoms. The average Bonchev–Trinajstić information content (AvgIpc) is 3.70. The molecule has 0 amide bonds. The largest absolute Gasteiger partial charge is 0.135 e. The molecule has 1 heterocycles. The van der Waals surface area contributed by atoms with Crippen LogP contribution in [0.1, 0.15) is 0 Å². The molecule has 0 saturated carbocycles. The Labute approximate surface area is 237 Å². The lowest BCUT2D eigenvalue weighted by Crippen LogP contribution is -1.91. The molecular formula is C40H20S. The molecule has 0 N–H and O–H groups in total. The molecular weight excluding hydrogens is 513 g/mol. The number of fused-ring (bicyclic) bond motifs is 7. The van der Waals surface area contributed by atoms with E-state index in [1.807, 2.05) is 11.3 Å². The van der Waals surface area contributed by atoms with Crippen LogP contribution in [0.3, 0.4) is 0 Å². The topological polar surface area (TPSA) is 0 Å². The van der Waals surface area contributed by atoms with Crippen molar-refractivity contribution in [1.82, 2.24) is 0 Å². The minimum absolute atomic E-state index is 1.29. The summed E-state index contributed by atoms with van der Waals surface area (Å²) in [6.45, 7) is 0. The second-order valence-corrected chi connectivity index (χ2v) is 12.6. The maximum Gasteiger partial charge on any atom is 0.0434 e. The fourth-order valence-electron chi connectivity index (χ4n) is 8.14. The summed E-state index contributed by atoms with van der Waals surface area (Å²) >= 11 is 1.94. The van der Waals surface area contributed by atoms with E-state index < -0.39 is 0 Å². The predicted octanol–water partition coefficient (Wildman–Crippen LogP) is 10.4. The fourth-order valence-corrected chi connectivity index (χ4v) is 9.34. The molecule has 9 aromatic rings. The van der Waals surface area contributed by atoms with E-state index in [0.717, 1.165) is 0 Å². The highest BCUT2D eigenvalue weighted by atomic mass is 32.1. The quantitative estimate of drug-likeness (QED) is 0.146. The molecule has 0 fully saturated rings. The van der Waals surface area contributed by atoms with Crippen LogP contribution < -0.4 is 0 Å². The summed E-state index contributed by atoms with van der Waals surface area (Å²) in [7, 11) is 0. The van der Waals surface area contributed by atoms with Crippen LogP contribution in [-0.2, 0) is 0 Å². The molecule has 2 aliphatic carbocycles. The first-order valence-electron chi connectivity index (χ1n) is 14.3. The number of hydrogen-bond donors (Lipinski definition) is 0. The van der Waals surface area contributed by atoms with Crippen molar-refractivity contribution < 1.29 is 0 Å².